The second-order valence-electron chi connectivity index (χ2n) is 4.33. The van der Waals surface area contributed by atoms with E-state index in [4.69, 9.17) is 0 Å². The number of nitro groups is 1. The number of nitro benzene ring substituents is 1. The van der Waals surface area contributed by atoms with E-state index in [1.807, 2.05) is 0 Å². The number of amides is 1. The zero-order valence-electron chi connectivity index (χ0n) is 10.5. The lowest BCUT2D eigenvalue weighted by Crippen LogP contribution is -2.25. The zero-order valence-corrected chi connectivity index (χ0v) is 12.9. The third-order valence-corrected chi connectivity index (χ3v) is 4.32. The van der Waals surface area contributed by atoms with Crippen LogP contribution in [0.2, 0.25) is 0 Å². The molecule has 0 N–H and O–H groups in total. The van der Waals surface area contributed by atoms with Crippen LogP contribution in [-0.2, 0) is 9.59 Å². The first-order valence-corrected chi connectivity index (χ1v) is 7.47. The minimum Gasteiger partial charge on any atom is -0.305 e. The second kappa shape index (κ2) is 5.92. The molecule has 1 heterocycles. The van der Waals surface area contributed by atoms with Crippen LogP contribution in [0.3, 0.4) is 0 Å². The maximum atomic E-state index is 12.0. The third kappa shape index (κ3) is 3.18. The molecule has 0 aliphatic carbocycles. The average molecular weight is 359 g/mol. The monoisotopic (exact) mass is 358 g/mol. The molecule has 2 rings (SSSR count). The Labute approximate surface area is 127 Å². The van der Waals surface area contributed by atoms with Crippen LogP contribution in [-0.4, -0.2) is 27.7 Å². The summed E-state index contributed by atoms with van der Waals surface area (Å²) in [5.41, 5.74) is 0.149. The Bertz CT molecular complexity index is 593. The Morgan fingerprint density at radius 2 is 2.25 bits per heavy atom. The number of hydrogen-bond donors (Lipinski definition) is 0. The van der Waals surface area contributed by atoms with Crippen molar-refractivity contribution in [3.8, 4) is 0 Å². The topological polar surface area (TPSA) is 80.5 Å². The van der Waals surface area contributed by atoms with Gasteiger partial charge in [-0.05, 0) is 12.1 Å². The summed E-state index contributed by atoms with van der Waals surface area (Å²) < 4.78 is 0.661. The van der Waals surface area contributed by atoms with Crippen LogP contribution < -0.4 is 4.90 Å². The van der Waals surface area contributed by atoms with Gasteiger partial charge in [0.1, 0.15) is 5.69 Å². The number of halogens is 1. The van der Waals surface area contributed by atoms with E-state index in [1.54, 1.807) is 12.1 Å². The van der Waals surface area contributed by atoms with E-state index in [-0.39, 0.29) is 34.1 Å². The number of thioether (sulfide) groups is 1. The van der Waals surface area contributed by atoms with Crippen LogP contribution in [0.15, 0.2) is 22.7 Å². The van der Waals surface area contributed by atoms with E-state index in [2.05, 4.69) is 15.9 Å². The molecule has 0 radical (unpaired) electrons. The molecule has 1 saturated heterocycles. The molecule has 1 fully saturated rings. The SMILES string of the molecule is CC(=O)SC1CC(=O)N(c2cc(Br)ccc2[N+](=O)[O-])C1. The molecule has 20 heavy (non-hydrogen) atoms. The molecule has 106 valence electrons. The van der Waals surface area contributed by atoms with Crippen molar-refractivity contribution in [3.63, 3.8) is 0 Å². The summed E-state index contributed by atoms with van der Waals surface area (Å²) in [7, 11) is 0. The van der Waals surface area contributed by atoms with Gasteiger partial charge in [0.05, 0.1) is 4.92 Å². The quantitative estimate of drug-likeness (QED) is 0.612. The van der Waals surface area contributed by atoms with Crippen molar-refractivity contribution in [1.82, 2.24) is 0 Å². The standard InChI is InChI=1S/C12H11BrN2O4S/c1-7(16)20-9-5-12(17)14(6-9)11-4-8(13)2-3-10(11)15(18)19/h2-4,9H,5-6H2,1H3. The Hall–Kier alpha value is -1.41. The molecule has 1 amide bonds. The highest BCUT2D eigenvalue weighted by atomic mass is 79.9. The molecule has 1 aliphatic heterocycles. The molecule has 1 unspecified atom stereocenters. The number of nitrogens with zero attached hydrogens (tertiary/aromatic N) is 2. The predicted octanol–water partition coefficient (Wildman–Crippen LogP) is 2.74. The third-order valence-electron chi connectivity index (χ3n) is 2.85. The normalized spacial score (nSPS) is 18.4. The number of rotatable bonds is 3. The highest BCUT2D eigenvalue weighted by Crippen LogP contribution is 2.36. The maximum absolute atomic E-state index is 12.0. The molecule has 1 aromatic rings. The lowest BCUT2D eigenvalue weighted by atomic mass is 10.2. The van der Waals surface area contributed by atoms with Crippen molar-refractivity contribution >= 4 is 50.1 Å². The molecule has 1 aromatic carbocycles. The number of carbonyl (C=O) groups is 2. The summed E-state index contributed by atoms with van der Waals surface area (Å²) in [5, 5.41) is 10.8. The molecule has 0 aromatic heterocycles. The first kappa shape index (κ1) is 15.0. The number of carbonyl (C=O) groups excluding carboxylic acids is 2. The summed E-state index contributed by atoms with van der Waals surface area (Å²) in [6, 6.07) is 4.47. The number of hydrogen-bond acceptors (Lipinski definition) is 5. The van der Waals surface area contributed by atoms with Gasteiger partial charge in [0.2, 0.25) is 5.91 Å². The van der Waals surface area contributed by atoms with Crippen LogP contribution in [0, 0.1) is 10.1 Å². The van der Waals surface area contributed by atoms with Crippen LogP contribution in [0.1, 0.15) is 13.3 Å². The van der Waals surface area contributed by atoms with Crippen LogP contribution in [0.25, 0.3) is 0 Å². The molecule has 0 bridgehead atoms. The highest BCUT2D eigenvalue weighted by molar-refractivity contribution is 9.10. The molecule has 6 nitrogen and oxygen atoms in total. The molecule has 1 aliphatic rings. The minimum absolute atomic E-state index is 0.0617. The molecular weight excluding hydrogens is 348 g/mol. The van der Waals surface area contributed by atoms with Gasteiger partial charge in [-0.1, -0.05) is 27.7 Å². The minimum atomic E-state index is -0.513. The van der Waals surface area contributed by atoms with Gasteiger partial charge < -0.3 is 4.90 Å². The van der Waals surface area contributed by atoms with Gasteiger partial charge in [-0.3, -0.25) is 19.7 Å². The summed E-state index contributed by atoms with van der Waals surface area (Å²) in [4.78, 5) is 35.0. The van der Waals surface area contributed by atoms with Crippen molar-refractivity contribution in [2.24, 2.45) is 0 Å². The smallest absolute Gasteiger partial charge is 0.293 e. The lowest BCUT2D eigenvalue weighted by molar-refractivity contribution is -0.384. The predicted molar refractivity (Wildman–Crippen MR) is 79.8 cm³/mol. The van der Waals surface area contributed by atoms with Crippen molar-refractivity contribution in [3.05, 3.63) is 32.8 Å². The fourth-order valence-electron chi connectivity index (χ4n) is 2.09. The van der Waals surface area contributed by atoms with Crippen molar-refractivity contribution in [1.29, 1.82) is 0 Å². The molecule has 0 saturated carbocycles. The Morgan fingerprint density at radius 3 is 2.85 bits per heavy atom. The van der Waals surface area contributed by atoms with Gasteiger partial charge >= 0.3 is 0 Å². The van der Waals surface area contributed by atoms with Crippen LogP contribution >= 0.6 is 27.7 Å². The van der Waals surface area contributed by atoms with Gasteiger partial charge in [-0.2, -0.15) is 0 Å². The van der Waals surface area contributed by atoms with Gasteiger partial charge in [0, 0.05) is 35.7 Å². The van der Waals surface area contributed by atoms with Crippen LogP contribution in [0.5, 0.6) is 0 Å². The van der Waals surface area contributed by atoms with Gasteiger partial charge in [0.25, 0.3) is 5.69 Å². The summed E-state index contributed by atoms with van der Waals surface area (Å²) in [6.07, 6.45) is 0.216. The van der Waals surface area contributed by atoms with Gasteiger partial charge in [0.15, 0.2) is 5.12 Å². The fraction of sp³-hybridized carbons (Fsp3) is 0.333. The van der Waals surface area contributed by atoms with E-state index in [0.29, 0.717) is 11.0 Å². The van der Waals surface area contributed by atoms with E-state index >= 15 is 0 Å². The van der Waals surface area contributed by atoms with Crippen LogP contribution in [0.4, 0.5) is 11.4 Å². The Balaban J connectivity index is 2.32. The fourth-order valence-corrected chi connectivity index (χ4v) is 3.36. The van der Waals surface area contributed by atoms with Crippen molar-refractivity contribution in [2.75, 3.05) is 11.4 Å². The molecule has 0 spiro atoms. The Kier molecular flexibility index (Phi) is 4.44. The van der Waals surface area contributed by atoms with Gasteiger partial charge in [-0.15, -0.1) is 0 Å². The number of benzene rings is 1. The summed E-state index contributed by atoms with van der Waals surface area (Å²) in [6.45, 7) is 1.75. The highest BCUT2D eigenvalue weighted by Gasteiger charge is 2.35. The van der Waals surface area contributed by atoms with Crippen molar-refractivity contribution in [2.45, 2.75) is 18.6 Å². The lowest BCUT2D eigenvalue weighted by Gasteiger charge is -2.16. The largest absolute Gasteiger partial charge is 0.305 e. The summed E-state index contributed by atoms with van der Waals surface area (Å²) >= 11 is 4.35. The van der Waals surface area contributed by atoms with E-state index in [0.717, 1.165) is 11.8 Å². The first-order chi connectivity index (χ1) is 9.38. The second-order valence-corrected chi connectivity index (χ2v) is 6.72. The average Bonchev–Trinajstić information content (AvgIpc) is 2.68. The van der Waals surface area contributed by atoms with Crippen molar-refractivity contribution < 1.29 is 14.5 Å². The van der Waals surface area contributed by atoms with E-state index in [9.17, 15) is 19.7 Å². The molecular formula is C12H11BrN2O4S. The number of anilines is 1. The van der Waals surface area contributed by atoms with Gasteiger partial charge in [-0.25, -0.2) is 0 Å². The summed E-state index contributed by atoms with van der Waals surface area (Å²) in [5.74, 6) is -0.204. The van der Waals surface area contributed by atoms with E-state index in [1.165, 1.54) is 17.9 Å². The Morgan fingerprint density at radius 1 is 1.55 bits per heavy atom. The first-order valence-electron chi connectivity index (χ1n) is 5.80. The van der Waals surface area contributed by atoms with E-state index < -0.39 is 4.92 Å². The maximum Gasteiger partial charge on any atom is 0.293 e. The molecule has 8 heteroatoms. The zero-order chi connectivity index (χ0) is 14.9. The molecule has 1 atom stereocenters.